The summed E-state index contributed by atoms with van der Waals surface area (Å²) in [5, 5.41) is 0.261. The minimum atomic E-state index is -1.68. The second-order valence-electron chi connectivity index (χ2n) is 8.45. The van der Waals surface area contributed by atoms with E-state index in [9.17, 15) is 0 Å². The summed E-state index contributed by atoms with van der Waals surface area (Å²) >= 11 is 0. The van der Waals surface area contributed by atoms with Crippen molar-refractivity contribution in [3.63, 3.8) is 0 Å². The smallest absolute Gasteiger partial charge is 0.192 e. The molecule has 1 heterocycles. The van der Waals surface area contributed by atoms with Gasteiger partial charge in [-0.25, -0.2) is 0 Å². The molecule has 122 valence electrons. The Morgan fingerprint density at radius 1 is 1.09 bits per heavy atom. The first kappa shape index (κ1) is 16.1. The summed E-state index contributed by atoms with van der Waals surface area (Å²) in [7, 11) is -1.68. The highest BCUT2D eigenvalue weighted by Gasteiger charge is 2.38. The zero-order chi connectivity index (χ0) is 16.0. The molecule has 1 aromatic carbocycles. The molecule has 2 aliphatic rings. The molecule has 0 spiro atoms. The van der Waals surface area contributed by atoms with Gasteiger partial charge in [0.1, 0.15) is 11.9 Å². The lowest BCUT2D eigenvalue weighted by Gasteiger charge is -2.36. The molecule has 1 atom stereocenters. The van der Waals surface area contributed by atoms with Crippen LogP contribution in [0.15, 0.2) is 12.1 Å². The molecular formula is C19H30O2Si. The van der Waals surface area contributed by atoms with Gasteiger partial charge in [0.15, 0.2) is 8.32 Å². The molecular weight excluding hydrogens is 288 g/mol. The summed E-state index contributed by atoms with van der Waals surface area (Å²) in [6.07, 6.45) is 6.34. The van der Waals surface area contributed by atoms with Crippen molar-refractivity contribution in [2.75, 3.05) is 6.61 Å². The fraction of sp³-hybridized carbons (Fsp3) is 0.684. The Labute approximate surface area is 136 Å². The van der Waals surface area contributed by atoms with E-state index in [4.69, 9.17) is 9.16 Å². The van der Waals surface area contributed by atoms with Gasteiger partial charge in [-0.3, -0.25) is 0 Å². The Balaban J connectivity index is 1.65. The summed E-state index contributed by atoms with van der Waals surface area (Å²) in [6, 6.07) is 4.70. The Morgan fingerprint density at radius 2 is 1.73 bits per heavy atom. The number of fused-ring (bicyclic) bond motifs is 2. The minimum absolute atomic E-state index is 0.202. The number of aryl methyl sites for hydroxylation is 2. The van der Waals surface area contributed by atoms with Crippen molar-refractivity contribution in [1.82, 2.24) is 0 Å². The van der Waals surface area contributed by atoms with E-state index in [1.165, 1.54) is 36.8 Å². The fourth-order valence-electron chi connectivity index (χ4n) is 3.16. The van der Waals surface area contributed by atoms with Crippen LogP contribution in [-0.4, -0.2) is 21.0 Å². The van der Waals surface area contributed by atoms with E-state index in [1.807, 2.05) is 0 Å². The first-order valence-corrected chi connectivity index (χ1v) is 11.6. The van der Waals surface area contributed by atoms with Crippen molar-refractivity contribution in [2.24, 2.45) is 0 Å². The minimum Gasteiger partial charge on any atom is -0.487 e. The number of benzene rings is 1. The van der Waals surface area contributed by atoms with Crippen LogP contribution in [0.3, 0.4) is 0 Å². The Kier molecular flexibility index (Phi) is 4.15. The first-order valence-electron chi connectivity index (χ1n) is 8.71. The molecule has 0 fully saturated rings. The van der Waals surface area contributed by atoms with Gasteiger partial charge in [-0.1, -0.05) is 26.8 Å². The average Bonchev–Trinajstić information content (AvgIpc) is 2.83. The van der Waals surface area contributed by atoms with Crippen LogP contribution in [0.1, 0.15) is 50.3 Å². The summed E-state index contributed by atoms with van der Waals surface area (Å²) in [5.41, 5.74) is 4.46. The summed E-state index contributed by atoms with van der Waals surface area (Å²) in [5.74, 6) is 1.12. The molecule has 1 aliphatic carbocycles. The second kappa shape index (κ2) is 5.68. The Hall–Kier alpha value is -0.803. The van der Waals surface area contributed by atoms with Crippen LogP contribution in [0, 0.1) is 0 Å². The lowest BCUT2D eigenvalue weighted by molar-refractivity contribution is 0.139. The largest absolute Gasteiger partial charge is 0.487 e. The molecule has 22 heavy (non-hydrogen) atoms. The molecule has 2 nitrogen and oxygen atoms in total. The summed E-state index contributed by atoms with van der Waals surface area (Å²) < 4.78 is 12.5. The van der Waals surface area contributed by atoms with Gasteiger partial charge >= 0.3 is 0 Å². The average molecular weight is 319 g/mol. The fourth-order valence-corrected chi connectivity index (χ4v) is 4.20. The topological polar surface area (TPSA) is 18.5 Å². The van der Waals surface area contributed by atoms with Crippen LogP contribution in [-0.2, 0) is 23.7 Å². The maximum Gasteiger partial charge on any atom is 0.192 e. The SMILES string of the molecule is CC(C)(C)[Si](C)(C)OCC1Cc2cc3c(cc2O1)CCCC3. The van der Waals surface area contributed by atoms with Gasteiger partial charge in [-0.05, 0) is 66.6 Å². The standard InChI is InChI=1S/C19H30O2Si/c1-19(2,3)22(4,5)20-13-17-11-16-10-14-8-6-7-9-15(14)12-18(16)21-17/h10,12,17H,6-9,11,13H2,1-5H3. The monoisotopic (exact) mass is 318 g/mol. The van der Waals surface area contributed by atoms with Crippen molar-refractivity contribution in [1.29, 1.82) is 0 Å². The number of ether oxygens (including phenoxy) is 1. The third kappa shape index (κ3) is 3.11. The molecule has 3 rings (SSSR count). The van der Waals surface area contributed by atoms with Gasteiger partial charge in [0.25, 0.3) is 0 Å². The molecule has 1 aliphatic heterocycles. The normalized spacial score (nSPS) is 21.2. The van der Waals surface area contributed by atoms with Gasteiger partial charge in [0, 0.05) is 6.42 Å². The van der Waals surface area contributed by atoms with Crippen molar-refractivity contribution in [2.45, 2.75) is 77.1 Å². The maximum absolute atomic E-state index is 6.35. The number of hydrogen-bond acceptors (Lipinski definition) is 2. The Morgan fingerprint density at radius 3 is 2.36 bits per heavy atom. The quantitative estimate of drug-likeness (QED) is 0.739. The Bertz CT molecular complexity index is 522. The molecule has 0 bridgehead atoms. The van der Waals surface area contributed by atoms with Crippen LogP contribution >= 0.6 is 0 Å². The van der Waals surface area contributed by atoms with Crippen LogP contribution in [0.25, 0.3) is 0 Å². The van der Waals surface area contributed by atoms with Crippen LogP contribution in [0.2, 0.25) is 18.1 Å². The lowest BCUT2D eigenvalue weighted by atomic mass is 9.89. The maximum atomic E-state index is 6.35. The van der Waals surface area contributed by atoms with E-state index >= 15 is 0 Å². The molecule has 1 unspecified atom stereocenters. The summed E-state index contributed by atoms with van der Waals surface area (Å²) in [6.45, 7) is 12.2. The predicted octanol–water partition coefficient (Wildman–Crippen LogP) is 4.89. The van der Waals surface area contributed by atoms with Crippen LogP contribution in [0.5, 0.6) is 5.75 Å². The van der Waals surface area contributed by atoms with E-state index in [2.05, 4.69) is 46.0 Å². The third-order valence-electron chi connectivity index (χ3n) is 5.70. The molecule has 3 heteroatoms. The van der Waals surface area contributed by atoms with Crippen molar-refractivity contribution < 1.29 is 9.16 Å². The molecule has 1 aromatic rings. The first-order chi connectivity index (χ1) is 10.3. The van der Waals surface area contributed by atoms with Gasteiger partial charge in [-0.15, -0.1) is 0 Å². The summed E-state index contributed by atoms with van der Waals surface area (Å²) in [4.78, 5) is 0. The molecule has 0 saturated carbocycles. The van der Waals surface area contributed by atoms with E-state index in [-0.39, 0.29) is 11.1 Å². The number of rotatable bonds is 3. The van der Waals surface area contributed by atoms with E-state index in [0.717, 1.165) is 18.8 Å². The van der Waals surface area contributed by atoms with Gasteiger partial charge in [-0.2, -0.15) is 0 Å². The molecule has 0 aromatic heterocycles. The van der Waals surface area contributed by atoms with Crippen molar-refractivity contribution >= 4 is 8.32 Å². The lowest BCUT2D eigenvalue weighted by Crippen LogP contribution is -2.43. The highest BCUT2D eigenvalue weighted by molar-refractivity contribution is 6.74. The second-order valence-corrected chi connectivity index (χ2v) is 13.3. The van der Waals surface area contributed by atoms with E-state index in [0.29, 0.717) is 0 Å². The van der Waals surface area contributed by atoms with Gasteiger partial charge in [0.05, 0.1) is 6.61 Å². The zero-order valence-corrected chi connectivity index (χ0v) is 15.8. The third-order valence-corrected chi connectivity index (χ3v) is 10.2. The highest BCUT2D eigenvalue weighted by Crippen LogP contribution is 2.38. The van der Waals surface area contributed by atoms with Gasteiger partial charge < -0.3 is 9.16 Å². The zero-order valence-electron chi connectivity index (χ0n) is 14.8. The van der Waals surface area contributed by atoms with Crippen LogP contribution < -0.4 is 4.74 Å². The molecule has 0 radical (unpaired) electrons. The highest BCUT2D eigenvalue weighted by atomic mass is 28.4. The van der Waals surface area contributed by atoms with Gasteiger partial charge in [0.2, 0.25) is 0 Å². The molecule has 0 saturated heterocycles. The number of hydrogen-bond donors (Lipinski definition) is 0. The molecule has 0 N–H and O–H groups in total. The van der Waals surface area contributed by atoms with E-state index < -0.39 is 8.32 Å². The van der Waals surface area contributed by atoms with Crippen molar-refractivity contribution in [3.05, 3.63) is 28.8 Å². The van der Waals surface area contributed by atoms with E-state index in [1.54, 1.807) is 5.56 Å². The van der Waals surface area contributed by atoms with Crippen LogP contribution in [0.4, 0.5) is 0 Å². The van der Waals surface area contributed by atoms with Crippen molar-refractivity contribution in [3.8, 4) is 5.75 Å². The molecule has 0 amide bonds. The predicted molar refractivity (Wildman–Crippen MR) is 94.4 cm³/mol.